The van der Waals surface area contributed by atoms with Crippen LogP contribution in [0.2, 0.25) is 0 Å². The molecular formula is C12H13NO5. The number of fused-ring (bicyclic) bond motifs is 1. The average Bonchev–Trinajstić information content (AvgIpc) is 2.39. The van der Waals surface area contributed by atoms with Crippen molar-refractivity contribution in [2.24, 2.45) is 5.41 Å². The van der Waals surface area contributed by atoms with Crippen LogP contribution in [-0.2, 0) is 11.2 Å². The van der Waals surface area contributed by atoms with Crippen molar-refractivity contribution < 1.29 is 24.5 Å². The lowest BCUT2D eigenvalue weighted by Crippen LogP contribution is -2.45. The summed E-state index contributed by atoms with van der Waals surface area (Å²) in [7, 11) is 1.47. The van der Waals surface area contributed by atoms with Gasteiger partial charge in [-0.3, -0.25) is 9.59 Å². The summed E-state index contributed by atoms with van der Waals surface area (Å²) < 4.78 is 4.95. The Hall–Kier alpha value is -1.95. The SMILES string of the molecule is COc1cc2c(cn1)C(=O)C(CO)(C(=O)O)CC2. The number of carbonyl (C=O) groups excluding carboxylic acids is 1. The zero-order valence-corrected chi connectivity index (χ0v) is 9.84. The molecule has 1 aliphatic rings. The molecule has 1 unspecified atom stereocenters. The molecule has 1 aliphatic carbocycles. The Labute approximate surface area is 103 Å². The van der Waals surface area contributed by atoms with Crippen LogP contribution in [0.1, 0.15) is 22.3 Å². The van der Waals surface area contributed by atoms with Crippen molar-refractivity contribution in [3.05, 3.63) is 23.4 Å². The van der Waals surface area contributed by atoms with Gasteiger partial charge in [0, 0.05) is 17.8 Å². The molecule has 1 aromatic rings. The van der Waals surface area contributed by atoms with Crippen molar-refractivity contribution in [3.63, 3.8) is 0 Å². The van der Waals surface area contributed by atoms with Gasteiger partial charge in [-0.2, -0.15) is 0 Å². The van der Waals surface area contributed by atoms with Gasteiger partial charge in [-0.1, -0.05) is 0 Å². The lowest BCUT2D eigenvalue weighted by Gasteiger charge is -2.30. The summed E-state index contributed by atoms with van der Waals surface area (Å²) in [4.78, 5) is 27.3. The summed E-state index contributed by atoms with van der Waals surface area (Å²) in [5.41, 5.74) is -0.779. The number of aromatic nitrogens is 1. The molecule has 0 aliphatic heterocycles. The molecule has 2 rings (SSSR count). The Morgan fingerprint density at radius 1 is 1.61 bits per heavy atom. The molecule has 1 atom stereocenters. The highest BCUT2D eigenvalue weighted by atomic mass is 16.5. The van der Waals surface area contributed by atoms with Gasteiger partial charge in [-0.15, -0.1) is 0 Å². The number of rotatable bonds is 3. The van der Waals surface area contributed by atoms with Gasteiger partial charge in [-0.25, -0.2) is 4.98 Å². The Balaban J connectivity index is 2.49. The topological polar surface area (TPSA) is 96.7 Å². The van der Waals surface area contributed by atoms with Crippen LogP contribution in [0.3, 0.4) is 0 Å². The summed E-state index contributed by atoms with van der Waals surface area (Å²) in [6.07, 6.45) is 1.79. The second kappa shape index (κ2) is 4.38. The molecule has 0 aromatic carbocycles. The van der Waals surface area contributed by atoms with Gasteiger partial charge in [0.05, 0.1) is 13.7 Å². The average molecular weight is 251 g/mol. The zero-order valence-electron chi connectivity index (χ0n) is 9.84. The van der Waals surface area contributed by atoms with Gasteiger partial charge in [0.15, 0.2) is 11.2 Å². The first-order valence-electron chi connectivity index (χ1n) is 5.47. The Kier molecular flexibility index (Phi) is 3.04. The minimum absolute atomic E-state index is 0.0812. The third-order valence-electron chi connectivity index (χ3n) is 3.35. The van der Waals surface area contributed by atoms with Gasteiger partial charge in [-0.05, 0) is 18.4 Å². The minimum Gasteiger partial charge on any atom is -0.481 e. The predicted octanol–water partition coefficient (Wildman–Crippen LogP) is 0.282. The van der Waals surface area contributed by atoms with Crippen molar-refractivity contribution in [1.82, 2.24) is 4.98 Å². The van der Waals surface area contributed by atoms with Crippen molar-refractivity contribution in [1.29, 1.82) is 0 Å². The molecule has 0 bridgehead atoms. The van der Waals surface area contributed by atoms with E-state index in [2.05, 4.69) is 4.98 Å². The van der Waals surface area contributed by atoms with Crippen molar-refractivity contribution in [2.45, 2.75) is 12.8 Å². The number of aliphatic carboxylic acids is 1. The number of methoxy groups -OCH3 is 1. The van der Waals surface area contributed by atoms with Crippen molar-refractivity contribution in [3.8, 4) is 5.88 Å². The molecule has 0 spiro atoms. The lowest BCUT2D eigenvalue weighted by atomic mass is 9.71. The largest absolute Gasteiger partial charge is 0.481 e. The Morgan fingerprint density at radius 3 is 2.89 bits per heavy atom. The number of ketones is 1. The quantitative estimate of drug-likeness (QED) is 0.749. The third kappa shape index (κ3) is 1.65. The highest BCUT2D eigenvalue weighted by molar-refractivity contribution is 6.13. The number of aliphatic hydroxyl groups excluding tert-OH is 1. The smallest absolute Gasteiger partial charge is 0.319 e. The third-order valence-corrected chi connectivity index (χ3v) is 3.35. The van der Waals surface area contributed by atoms with Crippen LogP contribution in [0.4, 0.5) is 0 Å². The second-order valence-corrected chi connectivity index (χ2v) is 4.26. The first-order chi connectivity index (χ1) is 8.55. The van der Waals surface area contributed by atoms with E-state index in [9.17, 15) is 14.7 Å². The van der Waals surface area contributed by atoms with Crippen molar-refractivity contribution in [2.75, 3.05) is 13.7 Å². The molecule has 0 amide bonds. The fourth-order valence-corrected chi connectivity index (χ4v) is 2.14. The molecule has 96 valence electrons. The predicted molar refractivity (Wildman–Crippen MR) is 60.6 cm³/mol. The van der Waals surface area contributed by atoms with Crippen LogP contribution in [0.5, 0.6) is 5.88 Å². The molecular weight excluding hydrogens is 238 g/mol. The van der Waals surface area contributed by atoms with Crippen LogP contribution >= 0.6 is 0 Å². The number of hydrogen-bond donors (Lipinski definition) is 2. The number of Topliss-reactive ketones (excluding diaryl/α,β-unsaturated/α-hetero) is 1. The number of pyridine rings is 1. The number of nitrogens with zero attached hydrogens (tertiary/aromatic N) is 1. The van der Waals surface area contributed by atoms with Gasteiger partial charge in [0.1, 0.15) is 0 Å². The van der Waals surface area contributed by atoms with E-state index in [1.165, 1.54) is 13.3 Å². The van der Waals surface area contributed by atoms with E-state index in [-0.39, 0.29) is 12.0 Å². The summed E-state index contributed by atoms with van der Waals surface area (Å²) >= 11 is 0. The maximum absolute atomic E-state index is 12.2. The molecule has 18 heavy (non-hydrogen) atoms. The van der Waals surface area contributed by atoms with Crippen LogP contribution in [0.25, 0.3) is 0 Å². The molecule has 6 heteroatoms. The van der Waals surface area contributed by atoms with E-state index < -0.39 is 23.8 Å². The number of carboxylic acids is 1. The summed E-state index contributed by atoms with van der Waals surface area (Å²) in [6, 6.07) is 1.62. The number of aliphatic hydroxyl groups is 1. The van der Waals surface area contributed by atoms with Crippen LogP contribution < -0.4 is 4.74 Å². The molecule has 1 heterocycles. The van der Waals surface area contributed by atoms with Crippen molar-refractivity contribution >= 4 is 11.8 Å². The molecule has 1 aromatic heterocycles. The van der Waals surface area contributed by atoms with E-state index in [1.807, 2.05) is 0 Å². The molecule has 0 radical (unpaired) electrons. The van der Waals surface area contributed by atoms with E-state index in [4.69, 9.17) is 9.84 Å². The monoisotopic (exact) mass is 251 g/mol. The molecule has 0 saturated carbocycles. The van der Waals surface area contributed by atoms with Gasteiger partial charge in [0.2, 0.25) is 5.88 Å². The highest BCUT2D eigenvalue weighted by Gasteiger charge is 2.49. The number of carboxylic acid groups (broad SMARTS) is 1. The number of ether oxygens (including phenoxy) is 1. The molecule has 0 saturated heterocycles. The first-order valence-corrected chi connectivity index (χ1v) is 5.47. The minimum atomic E-state index is -1.73. The number of carbonyl (C=O) groups is 2. The van der Waals surface area contributed by atoms with Crippen LogP contribution in [0, 0.1) is 5.41 Å². The van der Waals surface area contributed by atoms with E-state index in [0.29, 0.717) is 17.9 Å². The van der Waals surface area contributed by atoms with E-state index in [1.54, 1.807) is 6.07 Å². The van der Waals surface area contributed by atoms with Gasteiger partial charge >= 0.3 is 5.97 Å². The second-order valence-electron chi connectivity index (χ2n) is 4.26. The molecule has 0 fully saturated rings. The Morgan fingerprint density at radius 2 is 2.33 bits per heavy atom. The number of aryl methyl sites for hydroxylation is 1. The van der Waals surface area contributed by atoms with Crippen LogP contribution in [-0.4, -0.2) is 40.7 Å². The van der Waals surface area contributed by atoms with E-state index >= 15 is 0 Å². The fraction of sp³-hybridized carbons (Fsp3) is 0.417. The molecule has 6 nitrogen and oxygen atoms in total. The zero-order chi connectivity index (χ0) is 13.3. The highest BCUT2D eigenvalue weighted by Crippen LogP contribution is 2.36. The summed E-state index contributed by atoms with van der Waals surface area (Å²) in [5.74, 6) is -1.50. The molecule has 2 N–H and O–H groups in total. The first kappa shape index (κ1) is 12.5. The van der Waals surface area contributed by atoms with E-state index in [0.717, 1.165) is 0 Å². The number of hydrogen-bond acceptors (Lipinski definition) is 5. The maximum Gasteiger partial charge on any atom is 0.319 e. The summed E-state index contributed by atoms with van der Waals surface area (Å²) in [5, 5.41) is 18.4. The fourth-order valence-electron chi connectivity index (χ4n) is 2.14. The summed E-state index contributed by atoms with van der Waals surface area (Å²) in [6.45, 7) is -0.702. The maximum atomic E-state index is 12.2. The van der Waals surface area contributed by atoms with Gasteiger partial charge in [0.25, 0.3) is 0 Å². The normalized spacial score (nSPS) is 22.4. The lowest BCUT2D eigenvalue weighted by molar-refractivity contribution is -0.148. The van der Waals surface area contributed by atoms with Crippen LogP contribution in [0.15, 0.2) is 12.3 Å². The standard InChI is InChI=1S/C12H13NO5/c1-18-9-4-7-2-3-12(6-14,11(16)17)10(15)8(7)5-13-9/h4-5,14H,2-3,6H2,1H3,(H,16,17). The Bertz CT molecular complexity index is 513. The van der Waals surface area contributed by atoms with Gasteiger partial charge < -0.3 is 14.9 Å².